The van der Waals surface area contributed by atoms with E-state index in [2.05, 4.69) is 228 Å². The number of fused-ring (bicyclic) bond motifs is 7. The molecule has 12 aromatic rings. The van der Waals surface area contributed by atoms with Crippen molar-refractivity contribution in [2.75, 3.05) is 4.90 Å². The van der Waals surface area contributed by atoms with Crippen LogP contribution in [0, 0.1) is 0 Å². The highest BCUT2D eigenvalue weighted by molar-refractivity contribution is 6.11. The van der Waals surface area contributed by atoms with E-state index in [1.807, 2.05) is 12.1 Å². The summed E-state index contributed by atoms with van der Waals surface area (Å²) in [5.74, 6) is 0. The topological polar surface area (TPSA) is 21.3 Å². The van der Waals surface area contributed by atoms with Gasteiger partial charge in [0.25, 0.3) is 0 Å². The predicted octanol–water partition coefficient (Wildman–Crippen LogP) is 16.3. The van der Waals surface area contributed by atoms with Crippen molar-refractivity contribution in [2.24, 2.45) is 0 Å². The molecule has 0 bridgehead atoms. The summed E-state index contributed by atoms with van der Waals surface area (Å²) in [4.78, 5) is 2.36. The predicted molar refractivity (Wildman–Crippen MR) is 257 cm³/mol. The van der Waals surface area contributed by atoms with E-state index in [1.165, 1.54) is 38.1 Å². The Kier molecular flexibility index (Phi) is 8.17. The maximum absolute atomic E-state index is 6.31. The largest absolute Gasteiger partial charge is 0.456 e. The Morgan fingerprint density at radius 3 is 1.82 bits per heavy atom. The molecule has 61 heavy (non-hydrogen) atoms. The van der Waals surface area contributed by atoms with E-state index >= 15 is 0 Å². The average Bonchev–Trinajstić information content (AvgIpc) is 3.87. The van der Waals surface area contributed by atoms with Crippen LogP contribution in [0.2, 0.25) is 0 Å². The lowest BCUT2D eigenvalue weighted by Crippen LogP contribution is -2.09. The monoisotopic (exact) mass is 778 g/mol. The van der Waals surface area contributed by atoms with Crippen LogP contribution in [0.25, 0.3) is 93.6 Å². The molecular weight excluding hydrogens is 741 g/mol. The van der Waals surface area contributed by atoms with Gasteiger partial charge in [-0.1, -0.05) is 140 Å². The van der Waals surface area contributed by atoms with Crippen LogP contribution in [0.5, 0.6) is 0 Å². The van der Waals surface area contributed by atoms with Crippen LogP contribution in [-0.2, 0) is 0 Å². The third kappa shape index (κ3) is 5.98. The van der Waals surface area contributed by atoms with Gasteiger partial charge in [0.1, 0.15) is 11.2 Å². The molecule has 0 radical (unpaired) electrons. The number of anilines is 3. The second-order valence-corrected chi connectivity index (χ2v) is 15.7. The third-order valence-electron chi connectivity index (χ3n) is 12.1. The first kappa shape index (κ1) is 34.9. The maximum atomic E-state index is 6.31. The van der Waals surface area contributed by atoms with Gasteiger partial charge >= 0.3 is 0 Å². The van der Waals surface area contributed by atoms with Crippen molar-refractivity contribution < 1.29 is 4.42 Å². The second kappa shape index (κ2) is 14.3. The Bertz CT molecular complexity index is 3600. The van der Waals surface area contributed by atoms with Crippen LogP contribution in [0.3, 0.4) is 0 Å². The minimum absolute atomic E-state index is 0.888. The summed E-state index contributed by atoms with van der Waals surface area (Å²) in [6.45, 7) is 0. The van der Waals surface area contributed by atoms with Gasteiger partial charge in [-0.05, 0) is 135 Å². The minimum Gasteiger partial charge on any atom is -0.456 e. The molecule has 0 N–H and O–H groups in total. The Balaban J connectivity index is 1.04. The molecular formula is C58H38N2O. The molecule has 0 amide bonds. The molecule has 0 saturated carbocycles. The van der Waals surface area contributed by atoms with Crippen molar-refractivity contribution in [1.29, 1.82) is 0 Å². The van der Waals surface area contributed by atoms with E-state index in [1.54, 1.807) is 0 Å². The van der Waals surface area contributed by atoms with Gasteiger partial charge in [-0.15, -0.1) is 0 Å². The number of hydrogen-bond acceptors (Lipinski definition) is 2. The molecule has 0 fully saturated rings. The van der Waals surface area contributed by atoms with Crippen LogP contribution < -0.4 is 4.90 Å². The van der Waals surface area contributed by atoms with Crippen molar-refractivity contribution in [3.8, 4) is 39.1 Å². The smallest absolute Gasteiger partial charge is 0.135 e. The van der Waals surface area contributed by atoms with E-state index in [-0.39, 0.29) is 0 Å². The van der Waals surface area contributed by atoms with Gasteiger partial charge in [0.2, 0.25) is 0 Å². The average molecular weight is 779 g/mol. The molecule has 286 valence electrons. The number of para-hydroxylation sites is 4. The molecule has 10 aromatic carbocycles. The van der Waals surface area contributed by atoms with E-state index in [4.69, 9.17) is 4.42 Å². The molecule has 3 heteroatoms. The van der Waals surface area contributed by atoms with Crippen LogP contribution in [0.15, 0.2) is 235 Å². The Hall–Kier alpha value is -8.14. The zero-order valence-electron chi connectivity index (χ0n) is 33.2. The van der Waals surface area contributed by atoms with E-state index < -0.39 is 0 Å². The highest BCUT2D eigenvalue weighted by Crippen LogP contribution is 2.43. The van der Waals surface area contributed by atoms with Gasteiger partial charge in [0, 0.05) is 44.3 Å². The fourth-order valence-corrected chi connectivity index (χ4v) is 9.27. The van der Waals surface area contributed by atoms with Gasteiger partial charge in [0.15, 0.2) is 0 Å². The SMILES string of the molecule is c1ccc(N(c2cccc(-c3ccc(-c4ccc5c(c4)c4ccccc4n5-c4ccccc4)cc3-c3ccc4oc5ccccc5c4c3)c2)c2ccc3ccccc3c2)cc1. The Morgan fingerprint density at radius 1 is 0.311 bits per heavy atom. The lowest BCUT2D eigenvalue weighted by Gasteiger charge is -2.26. The van der Waals surface area contributed by atoms with Crippen molar-refractivity contribution in [3.05, 3.63) is 231 Å². The highest BCUT2D eigenvalue weighted by atomic mass is 16.3. The number of aromatic nitrogens is 1. The maximum Gasteiger partial charge on any atom is 0.135 e. The molecule has 2 heterocycles. The number of furan rings is 1. The molecule has 0 aliphatic rings. The molecule has 0 unspecified atom stereocenters. The van der Waals surface area contributed by atoms with Crippen LogP contribution in [0.1, 0.15) is 0 Å². The summed E-state index contributed by atoms with van der Waals surface area (Å²) in [6, 6.07) is 83.1. The molecule has 3 nitrogen and oxygen atoms in total. The van der Waals surface area contributed by atoms with Crippen molar-refractivity contribution in [3.63, 3.8) is 0 Å². The summed E-state index contributed by atoms with van der Waals surface area (Å²) in [7, 11) is 0. The number of rotatable bonds is 7. The van der Waals surface area contributed by atoms with Crippen molar-refractivity contribution in [1.82, 2.24) is 4.57 Å². The van der Waals surface area contributed by atoms with E-state index in [0.29, 0.717) is 0 Å². The Morgan fingerprint density at radius 2 is 0.934 bits per heavy atom. The molecule has 0 saturated heterocycles. The van der Waals surface area contributed by atoms with Crippen molar-refractivity contribution >= 4 is 71.6 Å². The fourth-order valence-electron chi connectivity index (χ4n) is 9.27. The Labute approximate surface area is 353 Å². The molecule has 0 spiro atoms. The minimum atomic E-state index is 0.888. The summed E-state index contributed by atoms with van der Waals surface area (Å²) in [6.07, 6.45) is 0. The number of benzene rings is 10. The summed E-state index contributed by atoms with van der Waals surface area (Å²) in [5, 5.41) is 7.13. The van der Waals surface area contributed by atoms with Gasteiger partial charge < -0.3 is 13.9 Å². The number of nitrogens with zero attached hydrogens (tertiary/aromatic N) is 2. The fraction of sp³-hybridized carbons (Fsp3) is 0. The van der Waals surface area contributed by atoms with E-state index in [9.17, 15) is 0 Å². The molecule has 0 atom stereocenters. The quantitative estimate of drug-likeness (QED) is 0.161. The first-order valence-electron chi connectivity index (χ1n) is 20.8. The highest BCUT2D eigenvalue weighted by Gasteiger charge is 2.18. The molecule has 2 aromatic heterocycles. The summed E-state index contributed by atoms with van der Waals surface area (Å²) < 4.78 is 8.68. The van der Waals surface area contributed by atoms with E-state index in [0.717, 1.165) is 72.5 Å². The lowest BCUT2D eigenvalue weighted by molar-refractivity contribution is 0.669. The van der Waals surface area contributed by atoms with Gasteiger partial charge in [0.05, 0.1) is 11.0 Å². The van der Waals surface area contributed by atoms with Gasteiger partial charge in [-0.2, -0.15) is 0 Å². The first-order chi connectivity index (χ1) is 30.2. The van der Waals surface area contributed by atoms with Gasteiger partial charge in [-0.25, -0.2) is 0 Å². The number of hydrogen-bond donors (Lipinski definition) is 0. The zero-order chi connectivity index (χ0) is 40.3. The van der Waals surface area contributed by atoms with Crippen LogP contribution in [-0.4, -0.2) is 4.57 Å². The first-order valence-corrected chi connectivity index (χ1v) is 20.8. The van der Waals surface area contributed by atoms with Gasteiger partial charge in [-0.3, -0.25) is 0 Å². The van der Waals surface area contributed by atoms with Crippen LogP contribution >= 0.6 is 0 Å². The van der Waals surface area contributed by atoms with Crippen LogP contribution in [0.4, 0.5) is 17.1 Å². The summed E-state index contributed by atoms with van der Waals surface area (Å²) >= 11 is 0. The zero-order valence-corrected chi connectivity index (χ0v) is 33.2. The standard InChI is InChI=1S/C58H38N2O/c1-3-17-45(18-4-1)59(48-30-26-39-14-7-8-15-40(39)34-48)47-21-13-16-43(35-47)49-31-27-41(36-52(49)44-29-33-58-54(38-44)51-23-10-12-25-57(51)61-58)42-28-32-56-53(37-42)50-22-9-11-24-55(50)60(56)46-19-5-2-6-20-46/h1-38H. The molecule has 0 aliphatic carbocycles. The normalized spacial score (nSPS) is 11.6. The molecule has 12 rings (SSSR count). The van der Waals surface area contributed by atoms with Crippen molar-refractivity contribution in [2.45, 2.75) is 0 Å². The lowest BCUT2D eigenvalue weighted by atomic mass is 9.90. The summed E-state index contributed by atoms with van der Waals surface area (Å²) in [5.41, 5.74) is 15.6. The second-order valence-electron chi connectivity index (χ2n) is 15.7. The molecule has 0 aliphatic heterocycles. The third-order valence-corrected chi connectivity index (χ3v) is 12.1.